The molecule has 1 aliphatic rings. The first-order chi connectivity index (χ1) is 8.51. The Kier molecular flexibility index (Phi) is 4.14. The maximum absolute atomic E-state index is 13.2. The van der Waals surface area contributed by atoms with Gasteiger partial charge in [0.2, 0.25) is 0 Å². The third-order valence-electron chi connectivity index (χ3n) is 3.30. The molecule has 5 heteroatoms. The molecular weight excluding hydrogens is 301 g/mol. The van der Waals surface area contributed by atoms with Gasteiger partial charge in [0, 0.05) is 24.1 Å². The Labute approximate surface area is 114 Å². The monoisotopic (exact) mass is 315 g/mol. The van der Waals surface area contributed by atoms with E-state index in [1.807, 2.05) is 0 Å². The number of rotatable bonds is 3. The molecule has 0 saturated carbocycles. The number of halogens is 2. The highest BCUT2D eigenvalue weighted by Gasteiger charge is 2.35. The van der Waals surface area contributed by atoms with Crippen LogP contribution in [0, 0.1) is 5.82 Å². The van der Waals surface area contributed by atoms with E-state index < -0.39 is 5.54 Å². The fourth-order valence-corrected chi connectivity index (χ4v) is 2.43. The van der Waals surface area contributed by atoms with Gasteiger partial charge in [-0.1, -0.05) is 15.9 Å². The number of hydrogen-bond acceptors (Lipinski definition) is 3. The molecule has 2 N–H and O–H groups in total. The lowest BCUT2D eigenvalue weighted by Crippen LogP contribution is -2.52. The van der Waals surface area contributed by atoms with E-state index in [9.17, 15) is 9.18 Å². The van der Waals surface area contributed by atoms with Gasteiger partial charge in [0.05, 0.1) is 5.54 Å². The Balaban J connectivity index is 2.13. The summed E-state index contributed by atoms with van der Waals surface area (Å²) in [6.45, 7) is 1.01. The molecule has 0 atom stereocenters. The molecule has 2 rings (SSSR count). The SMILES string of the molecule is NC1(C(=O)Cc2cc(F)ccc2Br)CCOCC1. The number of benzene rings is 1. The van der Waals surface area contributed by atoms with E-state index in [0.29, 0.717) is 31.6 Å². The van der Waals surface area contributed by atoms with Crippen LogP contribution in [0.5, 0.6) is 0 Å². The minimum atomic E-state index is -0.829. The number of carbonyl (C=O) groups is 1. The van der Waals surface area contributed by atoms with Gasteiger partial charge < -0.3 is 10.5 Å². The van der Waals surface area contributed by atoms with Gasteiger partial charge in [-0.15, -0.1) is 0 Å². The molecule has 0 bridgehead atoms. The molecule has 0 radical (unpaired) electrons. The second-order valence-corrected chi connectivity index (χ2v) is 5.46. The molecule has 0 amide bonds. The molecule has 1 aromatic rings. The third kappa shape index (κ3) is 2.96. The number of Topliss-reactive ketones (excluding diaryl/α,β-unsaturated/α-hetero) is 1. The Morgan fingerprint density at radius 3 is 2.78 bits per heavy atom. The van der Waals surface area contributed by atoms with E-state index >= 15 is 0 Å². The molecule has 0 spiro atoms. The Hall–Kier alpha value is -0.780. The van der Waals surface area contributed by atoms with Crippen molar-refractivity contribution in [1.82, 2.24) is 0 Å². The summed E-state index contributed by atoms with van der Waals surface area (Å²) in [6, 6.07) is 4.32. The lowest BCUT2D eigenvalue weighted by molar-refractivity contribution is -0.126. The standard InChI is InChI=1S/C13H15BrFNO2/c14-11-2-1-10(15)7-9(11)8-12(17)13(16)3-5-18-6-4-13/h1-2,7H,3-6,8,16H2. The Bertz CT molecular complexity index is 458. The molecule has 0 aromatic heterocycles. The number of ketones is 1. The summed E-state index contributed by atoms with van der Waals surface area (Å²) in [7, 11) is 0. The van der Waals surface area contributed by atoms with Crippen LogP contribution in [-0.2, 0) is 16.0 Å². The van der Waals surface area contributed by atoms with Crippen LogP contribution in [-0.4, -0.2) is 24.5 Å². The van der Waals surface area contributed by atoms with Gasteiger partial charge in [-0.2, -0.15) is 0 Å². The lowest BCUT2D eigenvalue weighted by atomic mass is 9.84. The summed E-state index contributed by atoms with van der Waals surface area (Å²) < 4.78 is 19.1. The van der Waals surface area contributed by atoms with E-state index in [2.05, 4.69) is 15.9 Å². The van der Waals surface area contributed by atoms with Crippen molar-refractivity contribution in [2.45, 2.75) is 24.8 Å². The minimum absolute atomic E-state index is 0.0582. The number of ether oxygens (including phenoxy) is 1. The highest BCUT2D eigenvalue weighted by atomic mass is 79.9. The summed E-state index contributed by atoms with van der Waals surface area (Å²) >= 11 is 3.32. The van der Waals surface area contributed by atoms with Gasteiger partial charge in [0.25, 0.3) is 0 Å². The molecular formula is C13H15BrFNO2. The van der Waals surface area contributed by atoms with E-state index in [-0.39, 0.29) is 18.0 Å². The van der Waals surface area contributed by atoms with Crippen molar-refractivity contribution in [3.63, 3.8) is 0 Å². The molecule has 18 heavy (non-hydrogen) atoms. The first-order valence-corrected chi connectivity index (χ1v) is 6.64. The van der Waals surface area contributed by atoms with Crippen LogP contribution >= 0.6 is 15.9 Å². The van der Waals surface area contributed by atoms with Crippen LogP contribution < -0.4 is 5.73 Å². The second-order valence-electron chi connectivity index (χ2n) is 4.60. The average molecular weight is 316 g/mol. The Morgan fingerprint density at radius 2 is 2.11 bits per heavy atom. The minimum Gasteiger partial charge on any atom is -0.381 e. The fourth-order valence-electron chi connectivity index (χ4n) is 2.04. The fraction of sp³-hybridized carbons (Fsp3) is 0.462. The van der Waals surface area contributed by atoms with Gasteiger partial charge in [-0.05, 0) is 36.6 Å². The van der Waals surface area contributed by atoms with Crippen molar-refractivity contribution >= 4 is 21.7 Å². The molecule has 1 aromatic carbocycles. The zero-order chi connectivity index (χ0) is 13.2. The molecule has 0 unspecified atom stereocenters. The van der Waals surface area contributed by atoms with Crippen LogP contribution in [0.3, 0.4) is 0 Å². The third-order valence-corrected chi connectivity index (χ3v) is 4.07. The maximum Gasteiger partial charge on any atom is 0.157 e. The van der Waals surface area contributed by atoms with Crippen LogP contribution in [0.25, 0.3) is 0 Å². The van der Waals surface area contributed by atoms with Gasteiger partial charge >= 0.3 is 0 Å². The van der Waals surface area contributed by atoms with Crippen molar-refractivity contribution in [3.8, 4) is 0 Å². The Morgan fingerprint density at radius 1 is 1.44 bits per heavy atom. The zero-order valence-corrected chi connectivity index (χ0v) is 11.5. The van der Waals surface area contributed by atoms with Crippen LogP contribution in [0.2, 0.25) is 0 Å². The summed E-state index contributed by atoms with van der Waals surface area (Å²) in [4.78, 5) is 12.2. The van der Waals surface area contributed by atoms with Crippen molar-refractivity contribution in [3.05, 3.63) is 34.1 Å². The van der Waals surface area contributed by atoms with Gasteiger partial charge in [0.15, 0.2) is 5.78 Å². The number of carbonyl (C=O) groups excluding carboxylic acids is 1. The van der Waals surface area contributed by atoms with Crippen molar-refractivity contribution in [1.29, 1.82) is 0 Å². The highest BCUT2D eigenvalue weighted by molar-refractivity contribution is 9.10. The summed E-state index contributed by atoms with van der Waals surface area (Å²) in [6.07, 6.45) is 1.20. The number of nitrogens with two attached hydrogens (primary N) is 1. The average Bonchev–Trinajstić information content (AvgIpc) is 2.35. The highest BCUT2D eigenvalue weighted by Crippen LogP contribution is 2.24. The number of hydrogen-bond donors (Lipinski definition) is 1. The molecule has 1 heterocycles. The van der Waals surface area contributed by atoms with Crippen LogP contribution in [0.15, 0.2) is 22.7 Å². The molecule has 1 saturated heterocycles. The molecule has 1 fully saturated rings. The van der Waals surface area contributed by atoms with E-state index in [0.717, 1.165) is 4.47 Å². The summed E-state index contributed by atoms with van der Waals surface area (Å²) in [5.74, 6) is -0.406. The molecule has 3 nitrogen and oxygen atoms in total. The first-order valence-electron chi connectivity index (χ1n) is 5.85. The normalized spacial score (nSPS) is 18.6. The topological polar surface area (TPSA) is 52.3 Å². The molecule has 0 aliphatic carbocycles. The van der Waals surface area contributed by atoms with Crippen LogP contribution in [0.1, 0.15) is 18.4 Å². The predicted molar refractivity (Wildman–Crippen MR) is 69.8 cm³/mol. The van der Waals surface area contributed by atoms with Gasteiger partial charge in [0.1, 0.15) is 5.82 Å². The van der Waals surface area contributed by atoms with Gasteiger partial charge in [-0.3, -0.25) is 4.79 Å². The quantitative estimate of drug-likeness (QED) is 0.930. The van der Waals surface area contributed by atoms with Crippen molar-refractivity contribution in [2.75, 3.05) is 13.2 Å². The summed E-state index contributed by atoms with van der Waals surface area (Å²) in [5.41, 5.74) is 5.91. The first kappa shape index (κ1) is 13.6. The lowest BCUT2D eigenvalue weighted by Gasteiger charge is -2.31. The van der Waals surface area contributed by atoms with Crippen molar-refractivity contribution < 1.29 is 13.9 Å². The second kappa shape index (κ2) is 5.47. The largest absolute Gasteiger partial charge is 0.381 e. The summed E-state index contributed by atoms with van der Waals surface area (Å²) in [5, 5.41) is 0. The predicted octanol–water partition coefficient (Wildman–Crippen LogP) is 2.21. The van der Waals surface area contributed by atoms with Crippen LogP contribution in [0.4, 0.5) is 4.39 Å². The smallest absolute Gasteiger partial charge is 0.157 e. The van der Waals surface area contributed by atoms with E-state index in [1.165, 1.54) is 12.1 Å². The molecule has 98 valence electrons. The van der Waals surface area contributed by atoms with E-state index in [4.69, 9.17) is 10.5 Å². The maximum atomic E-state index is 13.2. The van der Waals surface area contributed by atoms with E-state index in [1.54, 1.807) is 6.07 Å². The van der Waals surface area contributed by atoms with Gasteiger partial charge in [-0.25, -0.2) is 4.39 Å². The molecule has 1 aliphatic heterocycles. The zero-order valence-electron chi connectivity index (χ0n) is 9.92. The van der Waals surface area contributed by atoms with Crippen molar-refractivity contribution in [2.24, 2.45) is 5.73 Å².